The number of halogens is 3. The van der Waals surface area contributed by atoms with Crippen LogP contribution in [0.2, 0.25) is 10.0 Å². The Morgan fingerprint density at radius 3 is 2.10 bits per heavy atom. The molecular weight excluding hydrogens is 338 g/mol. The molecule has 108 valence electrons. The van der Waals surface area contributed by atoms with Gasteiger partial charge in [0.2, 0.25) is 0 Å². The van der Waals surface area contributed by atoms with Gasteiger partial charge in [0.05, 0.1) is 32.3 Å². The molecule has 0 spiro atoms. The molecule has 0 radical (unpaired) electrons. The zero-order chi connectivity index (χ0) is 15.6. The molecule has 0 amide bonds. The molecule has 2 aromatic carbocycles. The molecule has 0 atom stereocenters. The SMILES string of the molecule is N#Cc1ccc(S(=O)(=O)Nc2c(Cl)cc(F)cc2Cl)cc1. The van der Waals surface area contributed by atoms with Crippen LogP contribution in [-0.2, 0) is 10.0 Å². The highest BCUT2D eigenvalue weighted by atomic mass is 35.5. The Morgan fingerprint density at radius 1 is 1.10 bits per heavy atom. The van der Waals surface area contributed by atoms with E-state index in [-0.39, 0.29) is 20.6 Å². The summed E-state index contributed by atoms with van der Waals surface area (Å²) >= 11 is 11.6. The molecule has 0 bridgehead atoms. The Balaban J connectivity index is 2.40. The zero-order valence-corrected chi connectivity index (χ0v) is 12.6. The Kier molecular flexibility index (Phi) is 4.37. The van der Waals surface area contributed by atoms with E-state index < -0.39 is 15.8 Å². The van der Waals surface area contributed by atoms with Gasteiger partial charge in [-0.05, 0) is 36.4 Å². The molecule has 0 fully saturated rings. The van der Waals surface area contributed by atoms with Crippen molar-refractivity contribution in [2.45, 2.75) is 4.90 Å². The monoisotopic (exact) mass is 344 g/mol. The van der Waals surface area contributed by atoms with Gasteiger partial charge in [0.15, 0.2) is 0 Å². The van der Waals surface area contributed by atoms with Crippen LogP contribution in [0.3, 0.4) is 0 Å². The second-order valence-corrected chi connectivity index (χ2v) is 6.48. The Hall–Kier alpha value is -1.81. The minimum absolute atomic E-state index is 0.0713. The van der Waals surface area contributed by atoms with Gasteiger partial charge in [0.25, 0.3) is 10.0 Å². The van der Waals surface area contributed by atoms with Crippen molar-refractivity contribution >= 4 is 38.9 Å². The highest BCUT2D eigenvalue weighted by Gasteiger charge is 2.18. The van der Waals surface area contributed by atoms with Crippen LogP contribution in [0.1, 0.15) is 5.56 Å². The quantitative estimate of drug-likeness (QED) is 0.920. The number of sulfonamides is 1. The number of anilines is 1. The first kappa shape index (κ1) is 15.6. The Bertz CT molecular complexity index is 807. The average molecular weight is 345 g/mol. The first-order valence-electron chi connectivity index (χ1n) is 5.51. The number of nitrogens with zero attached hydrogens (tertiary/aromatic N) is 1. The fourth-order valence-electron chi connectivity index (χ4n) is 1.54. The maximum atomic E-state index is 13.1. The summed E-state index contributed by atoms with van der Waals surface area (Å²) in [6, 6.07) is 9.04. The second-order valence-electron chi connectivity index (χ2n) is 3.99. The van der Waals surface area contributed by atoms with Crippen molar-refractivity contribution in [3.63, 3.8) is 0 Å². The second kappa shape index (κ2) is 5.90. The average Bonchev–Trinajstić information content (AvgIpc) is 2.43. The smallest absolute Gasteiger partial charge is 0.261 e. The summed E-state index contributed by atoms with van der Waals surface area (Å²) in [4.78, 5) is -0.0713. The number of rotatable bonds is 3. The molecule has 0 aromatic heterocycles. The predicted octanol–water partition coefficient (Wildman–Crippen LogP) is 3.80. The molecule has 8 heteroatoms. The van der Waals surface area contributed by atoms with Crippen molar-refractivity contribution in [1.29, 1.82) is 5.26 Å². The lowest BCUT2D eigenvalue weighted by Crippen LogP contribution is -2.13. The van der Waals surface area contributed by atoms with Gasteiger partial charge < -0.3 is 0 Å². The van der Waals surface area contributed by atoms with Crippen LogP contribution in [0, 0.1) is 17.1 Å². The third-order valence-electron chi connectivity index (χ3n) is 2.54. The molecule has 4 nitrogen and oxygen atoms in total. The first-order chi connectivity index (χ1) is 9.83. The minimum atomic E-state index is -3.95. The number of benzene rings is 2. The number of hydrogen-bond acceptors (Lipinski definition) is 3. The molecule has 2 rings (SSSR count). The van der Waals surface area contributed by atoms with E-state index in [0.717, 1.165) is 12.1 Å². The van der Waals surface area contributed by atoms with Crippen molar-refractivity contribution in [1.82, 2.24) is 0 Å². The summed E-state index contributed by atoms with van der Waals surface area (Å²) in [6.45, 7) is 0. The van der Waals surface area contributed by atoms with Crippen molar-refractivity contribution in [3.8, 4) is 6.07 Å². The standard InChI is InChI=1S/C13H7Cl2FN2O2S/c14-11-5-9(16)6-12(15)13(11)18-21(19,20)10-3-1-8(7-17)2-4-10/h1-6,18H. The van der Waals surface area contributed by atoms with Crippen LogP contribution in [0.5, 0.6) is 0 Å². The third-order valence-corrected chi connectivity index (χ3v) is 4.50. The summed E-state index contributed by atoms with van der Waals surface area (Å²) in [5.41, 5.74) is 0.218. The van der Waals surface area contributed by atoms with E-state index in [2.05, 4.69) is 4.72 Å². The highest BCUT2D eigenvalue weighted by Crippen LogP contribution is 2.33. The molecule has 0 saturated carbocycles. The lowest BCUT2D eigenvalue weighted by Gasteiger charge is -2.11. The van der Waals surface area contributed by atoms with Crippen molar-refractivity contribution < 1.29 is 12.8 Å². The fourth-order valence-corrected chi connectivity index (χ4v) is 3.31. The third kappa shape index (κ3) is 3.45. The largest absolute Gasteiger partial charge is 0.277 e. The van der Waals surface area contributed by atoms with Gasteiger partial charge in [-0.15, -0.1) is 0 Å². The molecule has 2 aromatic rings. The van der Waals surface area contributed by atoms with E-state index in [1.165, 1.54) is 24.3 Å². The van der Waals surface area contributed by atoms with E-state index in [1.54, 1.807) is 0 Å². The van der Waals surface area contributed by atoms with Crippen molar-refractivity contribution in [2.75, 3.05) is 4.72 Å². The van der Waals surface area contributed by atoms with Crippen LogP contribution < -0.4 is 4.72 Å². The van der Waals surface area contributed by atoms with Crippen molar-refractivity contribution in [2.24, 2.45) is 0 Å². The lowest BCUT2D eigenvalue weighted by molar-refractivity contribution is 0.601. The summed E-state index contributed by atoms with van der Waals surface area (Å²) in [7, 11) is -3.95. The van der Waals surface area contributed by atoms with Crippen LogP contribution in [0.25, 0.3) is 0 Å². The molecule has 21 heavy (non-hydrogen) atoms. The molecule has 0 unspecified atom stereocenters. The summed E-state index contributed by atoms with van der Waals surface area (Å²) in [5, 5.41) is 8.37. The van der Waals surface area contributed by atoms with E-state index in [9.17, 15) is 12.8 Å². The maximum Gasteiger partial charge on any atom is 0.261 e. The van der Waals surface area contributed by atoms with E-state index in [0.29, 0.717) is 5.56 Å². The highest BCUT2D eigenvalue weighted by molar-refractivity contribution is 7.92. The molecule has 0 saturated heterocycles. The van der Waals surface area contributed by atoms with Gasteiger partial charge in [-0.1, -0.05) is 23.2 Å². The molecule has 0 aliphatic rings. The van der Waals surface area contributed by atoms with E-state index >= 15 is 0 Å². The molecule has 0 heterocycles. The zero-order valence-electron chi connectivity index (χ0n) is 10.3. The maximum absolute atomic E-state index is 13.1. The fraction of sp³-hybridized carbons (Fsp3) is 0. The van der Waals surface area contributed by atoms with Crippen LogP contribution in [0.15, 0.2) is 41.3 Å². The van der Waals surface area contributed by atoms with E-state index in [1.807, 2.05) is 6.07 Å². The van der Waals surface area contributed by atoms with Gasteiger partial charge >= 0.3 is 0 Å². The van der Waals surface area contributed by atoms with Gasteiger partial charge in [-0.3, -0.25) is 4.72 Å². The van der Waals surface area contributed by atoms with Gasteiger partial charge in [0.1, 0.15) is 5.82 Å². The van der Waals surface area contributed by atoms with Crippen molar-refractivity contribution in [3.05, 3.63) is 57.8 Å². The minimum Gasteiger partial charge on any atom is -0.277 e. The number of hydrogen-bond donors (Lipinski definition) is 1. The predicted molar refractivity (Wildman–Crippen MR) is 78.4 cm³/mol. The Morgan fingerprint density at radius 2 is 1.62 bits per heavy atom. The molecule has 1 N–H and O–H groups in total. The molecular formula is C13H7Cl2FN2O2S. The van der Waals surface area contributed by atoms with Gasteiger partial charge in [0, 0.05) is 0 Å². The Labute approximate surface area is 130 Å². The summed E-state index contributed by atoms with van der Waals surface area (Å²) < 4.78 is 39.6. The van der Waals surface area contributed by atoms with E-state index in [4.69, 9.17) is 28.5 Å². The molecule has 0 aliphatic heterocycles. The first-order valence-corrected chi connectivity index (χ1v) is 7.75. The topological polar surface area (TPSA) is 70.0 Å². The van der Waals surface area contributed by atoms with Crippen LogP contribution in [-0.4, -0.2) is 8.42 Å². The summed E-state index contributed by atoms with van der Waals surface area (Å²) in [5.74, 6) is -0.675. The van der Waals surface area contributed by atoms with Gasteiger partial charge in [-0.25, -0.2) is 12.8 Å². The van der Waals surface area contributed by atoms with Crippen LogP contribution >= 0.6 is 23.2 Å². The van der Waals surface area contributed by atoms with Gasteiger partial charge in [-0.2, -0.15) is 5.26 Å². The number of nitriles is 1. The van der Waals surface area contributed by atoms with Crippen LogP contribution in [0.4, 0.5) is 10.1 Å². The lowest BCUT2D eigenvalue weighted by atomic mass is 10.2. The summed E-state index contributed by atoms with van der Waals surface area (Å²) in [6.07, 6.45) is 0. The number of nitrogens with one attached hydrogen (secondary N) is 1. The molecule has 0 aliphatic carbocycles. The normalized spacial score (nSPS) is 11.0.